The standard InChI is InChI=1S/C21H24N2O7S/c1-5-29-21(27)16-12(2)17(18(25)22-3)31-19(16)23-15(24)11-30-20(26)14-8-6-13(7-9-14)10-28-4/h6-9H,5,10-11H2,1-4H3,(H,22,25)(H,23,24). The summed E-state index contributed by atoms with van der Waals surface area (Å²) in [6.07, 6.45) is 0. The average Bonchev–Trinajstić information content (AvgIpc) is 3.08. The zero-order chi connectivity index (χ0) is 23.0. The lowest BCUT2D eigenvalue weighted by Crippen LogP contribution is -2.21. The van der Waals surface area contributed by atoms with Crippen LogP contribution >= 0.6 is 11.3 Å². The number of amides is 2. The van der Waals surface area contributed by atoms with Crippen molar-refractivity contribution in [2.45, 2.75) is 20.5 Å². The van der Waals surface area contributed by atoms with Crippen LogP contribution in [0.2, 0.25) is 0 Å². The fourth-order valence-corrected chi connectivity index (χ4v) is 3.82. The van der Waals surface area contributed by atoms with E-state index in [1.807, 2.05) is 0 Å². The number of thiophene rings is 1. The molecule has 0 saturated carbocycles. The summed E-state index contributed by atoms with van der Waals surface area (Å²) in [6.45, 7) is 3.23. The topological polar surface area (TPSA) is 120 Å². The highest BCUT2D eigenvalue weighted by atomic mass is 32.1. The molecule has 0 bridgehead atoms. The summed E-state index contributed by atoms with van der Waals surface area (Å²) in [6, 6.07) is 6.60. The molecule has 166 valence electrons. The van der Waals surface area contributed by atoms with Crippen LogP contribution in [0.25, 0.3) is 0 Å². The smallest absolute Gasteiger partial charge is 0.341 e. The molecule has 0 aliphatic rings. The number of esters is 2. The second kappa shape index (κ2) is 11.2. The quantitative estimate of drug-likeness (QED) is 0.566. The van der Waals surface area contributed by atoms with Crippen LogP contribution in [-0.2, 0) is 25.6 Å². The summed E-state index contributed by atoms with van der Waals surface area (Å²) in [5.41, 5.74) is 1.67. The van der Waals surface area contributed by atoms with Gasteiger partial charge in [-0.15, -0.1) is 11.3 Å². The van der Waals surface area contributed by atoms with Gasteiger partial charge in [-0.2, -0.15) is 0 Å². The summed E-state index contributed by atoms with van der Waals surface area (Å²) in [4.78, 5) is 49.1. The van der Waals surface area contributed by atoms with E-state index < -0.39 is 30.4 Å². The molecule has 0 radical (unpaired) electrons. The summed E-state index contributed by atoms with van der Waals surface area (Å²) >= 11 is 0.941. The predicted molar refractivity (Wildman–Crippen MR) is 114 cm³/mol. The van der Waals surface area contributed by atoms with Gasteiger partial charge in [-0.05, 0) is 37.1 Å². The van der Waals surface area contributed by atoms with E-state index in [1.165, 1.54) is 7.05 Å². The Labute approximate surface area is 183 Å². The van der Waals surface area contributed by atoms with Gasteiger partial charge < -0.3 is 24.8 Å². The molecule has 1 aromatic heterocycles. The van der Waals surface area contributed by atoms with E-state index >= 15 is 0 Å². The molecule has 0 atom stereocenters. The lowest BCUT2D eigenvalue weighted by Gasteiger charge is -2.08. The van der Waals surface area contributed by atoms with Crippen LogP contribution in [0.4, 0.5) is 5.00 Å². The monoisotopic (exact) mass is 448 g/mol. The normalized spacial score (nSPS) is 10.3. The molecular formula is C21H24N2O7S. The number of carbonyl (C=O) groups excluding carboxylic acids is 4. The van der Waals surface area contributed by atoms with Gasteiger partial charge in [0.2, 0.25) is 0 Å². The third kappa shape index (κ3) is 6.12. The van der Waals surface area contributed by atoms with Gasteiger partial charge in [-0.3, -0.25) is 9.59 Å². The second-order valence-electron chi connectivity index (χ2n) is 6.31. The first-order chi connectivity index (χ1) is 14.8. The van der Waals surface area contributed by atoms with Crippen molar-refractivity contribution in [3.05, 3.63) is 51.4 Å². The van der Waals surface area contributed by atoms with Crippen LogP contribution in [-0.4, -0.2) is 51.1 Å². The van der Waals surface area contributed by atoms with Gasteiger partial charge in [0.1, 0.15) is 5.00 Å². The van der Waals surface area contributed by atoms with Crippen molar-refractivity contribution in [1.29, 1.82) is 0 Å². The van der Waals surface area contributed by atoms with E-state index in [-0.39, 0.29) is 27.6 Å². The molecule has 0 aliphatic carbocycles. The van der Waals surface area contributed by atoms with Gasteiger partial charge in [-0.1, -0.05) is 12.1 Å². The number of methoxy groups -OCH3 is 1. The summed E-state index contributed by atoms with van der Waals surface area (Å²) in [5, 5.41) is 5.17. The largest absolute Gasteiger partial charge is 0.462 e. The molecule has 9 nitrogen and oxygen atoms in total. The van der Waals surface area contributed by atoms with Crippen molar-refractivity contribution in [3.63, 3.8) is 0 Å². The van der Waals surface area contributed by atoms with E-state index in [1.54, 1.807) is 45.2 Å². The minimum atomic E-state index is -0.668. The van der Waals surface area contributed by atoms with Crippen LogP contribution in [0.1, 0.15) is 48.4 Å². The van der Waals surface area contributed by atoms with Crippen LogP contribution in [0.3, 0.4) is 0 Å². The first kappa shape index (κ1) is 24.0. The zero-order valence-corrected chi connectivity index (χ0v) is 18.5. The Morgan fingerprint density at radius 2 is 1.71 bits per heavy atom. The van der Waals surface area contributed by atoms with Crippen LogP contribution < -0.4 is 10.6 Å². The lowest BCUT2D eigenvalue weighted by atomic mass is 10.1. The highest BCUT2D eigenvalue weighted by Crippen LogP contribution is 2.33. The minimum Gasteiger partial charge on any atom is -0.462 e. The number of hydrogen-bond acceptors (Lipinski definition) is 8. The number of benzene rings is 1. The molecule has 1 aromatic carbocycles. The highest BCUT2D eigenvalue weighted by molar-refractivity contribution is 7.18. The summed E-state index contributed by atoms with van der Waals surface area (Å²) < 4.78 is 15.1. The molecule has 0 fully saturated rings. The Bertz CT molecular complexity index is 967. The highest BCUT2D eigenvalue weighted by Gasteiger charge is 2.26. The lowest BCUT2D eigenvalue weighted by molar-refractivity contribution is -0.119. The second-order valence-corrected chi connectivity index (χ2v) is 7.33. The first-order valence-corrected chi connectivity index (χ1v) is 10.2. The number of nitrogens with one attached hydrogen (secondary N) is 2. The fraction of sp³-hybridized carbons (Fsp3) is 0.333. The van der Waals surface area contributed by atoms with Gasteiger partial charge in [0.05, 0.1) is 29.2 Å². The SMILES string of the molecule is CCOC(=O)c1c(NC(=O)COC(=O)c2ccc(COC)cc2)sc(C(=O)NC)c1C. The summed E-state index contributed by atoms with van der Waals surface area (Å²) in [5.74, 6) is -2.37. The zero-order valence-electron chi connectivity index (χ0n) is 17.7. The molecule has 10 heteroatoms. The maximum absolute atomic E-state index is 12.3. The average molecular weight is 448 g/mol. The summed E-state index contributed by atoms with van der Waals surface area (Å²) in [7, 11) is 3.03. The number of ether oxygens (including phenoxy) is 3. The third-order valence-electron chi connectivity index (χ3n) is 4.15. The van der Waals surface area contributed by atoms with Gasteiger partial charge in [0.15, 0.2) is 6.61 Å². The Kier molecular flexibility index (Phi) is 8.71. The van der Waals surface area contributed by atoms with E-state index in [9.17, 15) is 19.2 Å². The van der Waals surface area contributed by atoms with Gasteiger partial charge >= 0.3 is 11.9 Å². The number of rotatable bonds is 9. The number of carbonyl (C=O) groups is 4. The predicted octanol–water partition coefficient (Wildman–Crippen LogP) is 2.53. The van der Waals surface area contributed by atoms with Crippen molar-refractivity contribution < 1.29 is 33.4 Å². The molecule has 0 unspecified atom stereocenters. The fourth-order valence-electron chi connectivity index (χ4n) is 2.66. The van der Waals surface area contributed by atoms with Gasteiger partial charge in [0.25, 0.3) is 11.8 Å². The van der Waals surface area contributed by atoms with Crippen molar-refractivity contribution in [2.75, 3.05) is 32.7 Å². The van der Waals surface area contributed by atoms with Crippen molar-refractivity contribution >= 4 is 40.1 Å². The number of anilines is 1. The minimum absolute atomic E-state index is 0.0962. The Morgan fingerprint density at radius 1 is 1.03 bits per heavy atom. The van der Waals surface area contributed by atoms with Gasteiger partial charge in [-0.25, -0.2) is 9.59 Å². The molecule has 0 spiro atoms. The molecule has 2 amide bonds. The van der Waals surface area contributed by atoms with E-state index in [0.717, 1.165) is 16.9 Å². The molecule has 2 rings (SSSR count). The van der Waals surface area contributed by atoms with E-state index in [2.05, 4.69) is 10.6 Å². The maximum atomic E-state index is 12.3. The molecule has 1 heterocycles. The third-order valence-corrected chi connectivity index (χ3v) is 5.35. The maximum Gasteiger partial charge on any atom is 0.341 e. The van der Waals surface area contributed by atoms with Crippen molar-refractivity contribution in [2.24, 2.45) is 0 Å². The molecule has 2 N–H and O–H groups in total. The molecular weight excluding hydrogens is 424 g/mol. The Morgan fingerprint density at radius 3 is 2.29 bits per heavy atom. The Hall–Kier alpha value is -3.24. The van der Waals surface area contributed by atoms with Crippen LogP contribution in [0.5, 0.6) is 0 Å². The number of hydrogen-bond donors (Lipinski definition) is 2. The molecule has 0 saturated heterocycles. The molecule has 2 aromatic rings. The van der Waals surface area contributed by atoms with Crippen LogP contribution in [0, 0.1) is 6.92 Å². The van der Waals surface area contributed by atoms with E-state index in [4.69, 9.17) is 14.2 Å². The van der Waals surface area contributed by atoms with Crippen LogP contribution in [0.15, 0.2) is 24.3 Å². The van der Waals surface area contributed by atoms with Crippen molar-refractivity contribution in [3.8, 4) is 0 Å². The first-order valence-electron chi connectivity index (χ1n) is 9.39. The van der Waals surface area contributed by atoms with Gasteiger partial charge in [0, 0.05) is 14.2 Å². The van der Waals surface area contributed by atoms with Crippen molar-refractivity contribution in [1.82, 2.24) is 5.32 Å². The molecule has 31 heavy (non-hydrogen) atoms. The van der Waals surface area contributed by atoms with E-state index in [0.29, 0.717) is 12.2 Å². The Balaban J connectivity index is 2.09. The molecule has 0 aliphatic heterocycles.